The molecule has 186 valence electrons. The maximum Gasteiger partial charge on any atom is 0.326 e. The van der Waals surface area contributed by atoms with Gasteiger partial charge in [-0.3, -0.25) is 14.4 Å². The summed E-state index contributed by atoms with van der Waals surface area (Å²) in [6.45, 7) is 0. The Labute approximate surface area is 207 Å². The average Bonchev–Trinajstić information content (AvgIpc) is 3.29. The van der Waals surface area contributed by atoms with Gasteiger partial charge in [0.2, 0.25) is 17.7 Å². The molecular weight excluding hydrogens is 488 g/mol. The molecule has 0 saturated carbocycles. The molecule has 3 amide bonds. The highest BCUT2D eigenvalue weighted by atomic mass is 32.2. The molecule has 0 saturated heterocycles. The molecule has 0 aliphatic carbocycles. The molecule has 11 nitrogen and oxygen atoms in total. The van der Waals surface area contributed by atoms with Crippen molar-refractivity contribution in [3.63, 3.8) is 0 Å². The molecule has 1 aromatic rings. The van der Waals surface area contributed by atoms with Gasteiger partial charge in [0.1, 0.15) is 18.1 Å². The van der Waals surface area contributed by atoms with Gasteiger partial charge < -0.3 is 31.8 Å². The van der Waals surface area contributed by atoms with E-state index in [2.05, 4.69) is 38.5 Å². The van der Waals surface area contributed by atoms with Crippen LogP contribution in [-0.4, -0.2) is 92.7 Å². The number of carbonyl (C=O) groups excluding carboxylic acids is 3. The molecule has 0 fully saturated rings. The van der Waals surface area contributed by atoms with Crippen LogP contribution in [0.15, 0.2) is 12.5 Å². The van der Waals surface area contributed by atoms with Crippen molar-refractivity contribution in [1.29, 1.82) is 0 Å². The van der Waals surface area contributed by atoms with Gasteiger partial charge in [0, 0.05) is 24.1 Å². The van der Waals surface area contributed by atoms with Crippen molar-refractivity contribution in [2.45, 2.75) is 43.4 Å². The lowest BCUT2D eigenvalue weighted by atomic mass is 10.1. The summed E-state index contributed by atoms with van der Waals surface area (Å²) >= 11 is 7.08. The van der Waals surface area contributed by atoms with E-state index in [1.54, 1.807) is 6.20 Å². The normalized spacial score (nSPS) is 14.5. The van der Waals surface area contributed by atoms with E-state index in [1.807, 2.05) is 12.5 Å². The zero-order valence-electron chi connectivity index (χ0n) is 18.6. The highest BCUT2D eigenvalue weighted by Gasteiger charge is 2.29. The fourth-order valence-electron chi connectivity index (χ4n) is 2.74. The van der Waals surface area contributed by atoms with Crippen molar-refractivity contribution in [2.24, 2.45) is 5.73 Å². The summed E-state index contributed by atoms with van der Waals surface area (Å²) in [4.78, 5) is 56.1. The first-order valence-electron chi connectivity index (χ1n) is 10.2. The first-order valence-corrected chi connectivity index (χ1v) is 13.6. The number of amides is 3. The molecule has 4 atom stereocenters. The smallest absolute Gasteiger partial charge is 0.326 e. The van der Waals surface area contributed by atoms with Crippen LogP contribution in [0, 0.1) is 0 Å². The predicted molar refractivity (Wildman–Crippen MR) is 134 cm³/mol. The van der Waals surface area contributed by atoms with E-state index >= 15 is 0 Å². The number of nitrogens with two attached hydrogens (primary N) is 1. The number of nitrogens with zero attached hydrogens (tertiary/aromatic N) is 1. The van der Waals surface area contributed by atoms with E-state index in [-0.39, 0.29) is 18.6 Å². The number of carbonyl (C=O) groups is 4. The van der Waals surface area contributed by atoms with Crippen LogP contribution in [0.5, 0.6) is 0 Å². The molecule has 4 unspecified atom stereocenters. The van der Waals surface area contributed by atoms with E-state index in [0.717, 1.165) is 0 Å². The first-order chi connectivity index (χ1) is 15.7. The molecule has 0 aromatic carbocycles. The molecule has 0 aliphatic rings. The van der Waals surface area contributed by atoms with E-state index in [4.69, 9.17) is 5.73 Å². The minimum atomic E-state index is -1.15. The maximum absolute atomic E-state index is 12.9. The monoisotopic (exact) mass is 520 g/mol. The lowest BCUT2D eigenvalue weighted by molar-refractivity contribution is -0.142. The van der Waals surface area contributed by atoms with Crippen LogP contribution in [0.1, 0.15) is 18.5 Å². The number of aromatic nitrogens is 2. The Morgan fingerprint density at radius 1 is 1.03 bits per heavy atom. The van der Waals surface area contributed by atoms with Gasteiger partial charge in [0.05, 0.1) is 12.4 Å². The van der Waals surface area contributed by atoms with Crippen molar-refractivity contribution in [3.05, 3.63) is 18.2 Å². The van der Waals surface area contributed by atoms with Crippen LogP contribution in [0.25, 0.3) is 0 Å². The first kappa shape index (κ1) is 29.1. The largest absolute Gasteiger partial charge is 0.480 e. The topological polar surface area (TPSA) is 179 Å². The lowest BCUT2D eigenvalue weighted by Gasteiger charge is -2.24. The maximum atomic E-state index is 12.9. The van der Waals surface area contributed by atoms with Gasteiger partial charge in [0.15, 0.2) is 0 Å². The molecule has 14 heteroatoms. The summed E-state index contributed by atoms with van der Waals surface area (Å²) < 4.78 is 0. The van der Waals surface area contributed by atoms with E-state index in [9.17, 15) is 24.3 Å². The number of thiol groups is 1. The minimum Gasteiger partial charge on any atom is -0.480 e. The summed E-state index contributed by atoms with van der Waals surface area (Å²) in [7, 11) is 0. The van der Waals surface area contributed by atoms with Crippen molar-refractivity contribution in [2.75, 3.05) is 29.8 Å². The Hall–Kier alpha value is -1.90. The van der Waals surface area contributed by atoms with Crippen molar-refractivity contribution in [1.82, 2.24) is 25.9 Å². The number of hydrogen-bond donors (Lipinski definition) is 7. The third-order valence-corrected chi connectivity index (χ3v) is 6.27. The van der Waals surface area contributed by atoms with Gasteiger partial charge in [-0.05, 0) is 36.9 Å². The number of thioether (sulfide) groups is 2. The van der Waals surface area contributed by atoms with E-state index < -0.39 is 47.9 Å². The molecule has 7 N–H and O–H groups in total. The molecule has 0 aliphatic heterocycles. The second kappa shape index (κ2) is 15.9. The molecular formula is C19H32N6O5S3. The predicted octanol–water partition coefficient (Wildman–Crippen LogP) is -0.745. The third-order valence-electron chi connectivity index (χ3n) is 4.62. The van der Waals surface area contributed by atoms with Crippen LogP contribution in [-0.2, 0) is 25.6 Å². The van der Waals surface area contributed by atoms with E-state index in [0.29, 0.717) is 23.6 Å². The Kier molecular flexibility index (Phi) is 14.0. The zero-order valence-corrected chi connectivity index (χ0v) is 21.1. The van der Waals surface area contributed by atoms with Crippen LogP contribution in [0.2, 0.25) is 0 Å². The van der Waals surface area contributed by atoms with Crippen LogP contribution >= 0.6 is 36.2 Å². The summed E-state index contributed by atoms with van der Waals surface area (Å²) in [6, 6.07) is -3.95. The van der Waals surface area contributed by atoms with Crippen molar-refractivity contribution >= 4 is 59.8 Å². The summed E-state index contributed by atoms with van der Waals surface area (Å²) in [5.74, 6) is -1.80. The fourth-order valence-corrected chi connectivity index (χ4v) is 3.94. The number of aliphatic carboxylic acids is 1. The molecule has 0 spiro atoms. The number of nitrogens with one attached hydrogen (secondary N) is 4. The molecule has 0 radical (unpaired) electrons. The van der Waals surface area contributed by atoms with Crippen molar-refractivity contribution < 1.29 is 24.3 Å². The highest BCUT2D eigenvalue weighted by Crippen LogP contribution is 2.05. The molecule has 33 heavy (non-hydrogen) atoms. The van der Waals surface area contributed by atoms with Crippen molar-refractivity contribution in [3.8, 4) is 0 Å². The van der Waals surface area contributed by atoms with Gasteiger partial charge in [0.25, 0.3) is 0 Å². The number of hydrogen-bond acceptors (Lipinski definition) is 9. The Morgan fingerprint density at radius 3 is 2.09 bits per heavy atom. The fraction of sp³-hybridized carbons (Fsp3) is 0.632. The number of aromatic amines is 1. The van der Waals surface area contributed by atoms with Crippen LogP contribution < -0.4 is 21.7 Å². The average molecular weight is 521 g/mol. The van der Waals surface area contributed by atoms with Gasteiger partial charge in [-0.2, -0.15) is 36.2 Å². The number of imidazole rings is 1. The van der Waals surface area contributed by atoms with E-state index in [1.165, 1.54) is 29.9 Å². The molecule has 1 aromatic heterocycles. The zero-order chi connectivity index (χ0) is 24.8. The second-order valence-electron chi connectivity index (χ2n) is 7.15. The van der Waals surface area contributed by atoms with Gasteiger partial charge >= 0.3 is 5.97 Å². The minimum absolute atomic E-state index is 0.0467. The third kappa shape index (κ3) is 10.7. The summed E-state index contributed by atoms with van der Waals surface area (Å²) in [5, 5.41) is 17.0. The van der Waals surface area contributed by atoms with Gasteiger partial charge in [-0.15, -0.1) is 0 Å². The number of carboxylic acids is 1. The molecule has 1 rings (SSSR count). The van der Waals surface area contributed by atoms with Gasteiger partial charge in [-0.25, -0.2) is 9.78 Å². The second-order valence-corrected chi connectivity index (χ2v) is 9.49. The van der Waals surface area contributed by atoms with Crippen LogP contribution in [0.4, 0.5) is 0 Å². The van der Waals surface area contributed by atoms with Crippen LogP contribution in [0.3, 0.4) is 0 Å². The molecule has 1 heterocycles. The quantitative estimate of drug-likeness (QED) is 0.138. The Balaban J connectivity index is 2.77. The Morgan fingerprint density at radius 2 is 1.58 bits per heavy atom. The van der Waals surface area contributed by atoms with Gasteiger partial charge in [-0.1, -0.05) is 0 Å². The Bertz CT molecular complexity index is 767. The number of carboxylic acid groups (broad SMARTS) is 1. The molecule has 0 bridgehead atoms. The number of H-pyrrole nitrogens is 1. The summed E-state index contributed by atoms with van der Waals surface area (Å²) in [6.07, 6.45) is 7.53. The SMILES string of the molecule is CSCCC(NC(=O)C(CS)NC(=O)C(CCSC)NC(=O)C(N)Cc1cnc[nH]1)C(=O)O. The highest BCUT2D eigenvalue weighted by molar-refractivity contribution is 7.98. The lowest BCUT2D eigenvalue weighted by Crippen LogP contribution is -2.58. The standard InChI is InChI=1S/C19H32N6O5S3/c1-32-5-3-13(23-16(26)12(20)7-11-8-21-10-22-11)17(27)25-15(9-31)18(28)24-14(19(29)30)4-6-33-2/h8,10,12-15,31H,3-7,9,20H2,1-2H3,(H,21,22)(H,23,26)(H,24,28)(H,25,27)(H,29,30). The summed E-state index contributed by atoms with van der Waals surface area (Å²) in [5.41, 5.74) is 6.64. The number of rotatable bonds is 16.